The fourth-order valence-electron chi connectivity index (χ4n) is 1.69. The van der Waals surface area contributed by atoms with Crippen LogP contribution in [0.25, 0.3) is 0 Å². The molecule has 0 aliphatic heterocycles. The molecule has 1 atom stereocenters. The molecule has 90 valence electrons. The molecule has 0 aliphatic rings. The van der Waals surface area contributed by atoms with Gasteiger partial charge in [-0.25, -0.2) is 0 Å². The van der Waals surface area contributed by atoms with Crippen LogP contribution in [0.5, 0.6) is 0 Å². The van der Waals surface area contributed by atoms with E-state index in [0.29, 0.717) is 0 Å². The molecule has 2 nitrogen and oxygen atoms in total. The Morgan fingerprint density at radius 3 is 2.82 bits per heavy atom. The monoisotopic (exact) mass is 247 g/mol. The van der Waals surface area contributed by atoms with Gasteiger partial charge < -0.3 is 10.2 Å². The van der Waals surface area contributed by atoms with Gasteiger partial charge in [0.1, 0.15) is 0 Å². The number of hydrogen-bond acceptors (Lipinski definition) is 3. The van der Waals surface area contributed by atoms with Gasteiger partial charge in [-0.05, 0) is 36.6 Å². The number of aryl methyl sites for hydroxylation is 1. The molecule has 0 saturated heterocycles. The summed E-state index contributed by atoms with van der Waals surface area (Å²) in [5.41, 5.74) is 8.58. The van der Waals surface area contributed by atoms with Crippen molar-refractivity contribution >= 4 is 11.8 Å². The molecular formula is C14H17NOS. The number of benzene rings is 1. The molecule has 0 radical (unpaired) electrons. The van der Waals surface area contributed by atoms with Gasteiger partial charge in [-0.1, -0.05) is 18.2 Å². The highest BCUT2D eigenvalue weighted by molar-refractivity contribution is 7.99. The third kappa shape index (κ3) is 3.65. The largest absolute Gasteiger partial charge is 0.472 e. The first kappa shape index (κ1) is 12.3. The molecule has 0 saturated carbocycles. The maximum atomic E-state index is 6.10. The molecule has 0 spiro atoms. The molecule has 1 aromatic heterocycles. The first-order chi connectivity index (χ1) is 8.25. The van der Waals surface area contributed by atoms with E-state index in [4.69, 9.17) is 10.2 Å². The fraction of sp³-hybridized carbons (Fsp3) is 0.286. The lowest BCUT2D eigenvalue weighted by atomic mass is 10.1. The van der Waals surface area contributed by atoms with Crippen molar-refractivity contribution in [3.8, 4) is 0 Å². The van der Waals surface area contributed by atoms with Gasteiger partial charge in [0, 0.05) is 16.7 Å². The standard InChI is InChI=1S/C14H17NOS/c1-11-4-2-3-5-14(11)17-10-13(15)8-12-6-7-16-9-12/h2-7,9,13H,8,10,15H2,1H3. The van der Waals surface area contributed by atoms with E-state index in [1.165, 1.54) is 16.0 Å². The van der Waals surface area contributed by atoms with Gasteiger partial charge >= 0.3 is 0 Å². The smallest absolute Gasteiger partial charge is 0.0935 e. The summed E-state index contributed by atoms with van der Waals surface area (Å²) >= 11 is 1.82. The molecule has 2 N–H and O–H groups in total. The SMILES string of the molecule is Cc1ccccc1SCC(N)Cc1ccoc1. The Balaban J connectivity index is 1.84. The number of nitrogens with two attached hydrogens (primary N) is 1. The minimum Gasteiger partial charge on any atom is -0.472 e. The van der Waals surface area contributed by atoms with E-state index in [-0.39, 0.29) is 6.04 Å². The quantitative estimate of drug-likeness (QED) is 0.824. The normalized spacial score (nSPS) is 12.6. The molecule has 0 amide bonds. The van der Waals surface area contributed by atoms with Gasteiger partial charge in [-0.15, -0.1) is 11.8 Å². The molecule has 1 unspecified atom stereocenters. The molecule has 1 aromatic carbocycles. The molecule has 1 heterocycles. The van der Waals surface area contributed by atoms with Crippen LogP contribution in [0.4, 0.5) is 0 Å². The summed E-state index contributed by atoms with van der Waals surface area (Å²) < 4.78 is 5.03. The topological polar surface area (TPSA) is 39.2 Å². The Hall–Kier alpha value is -1.19. The van der Waals surface area contributed by atoms with E-state index in [9.17, 15) is 0 Å². The van der Waals surface area contributed by atoms with Crippen molar-refractivity contribution < 1.29 is 4.42 Å². The predicted molar refractivity (Wildman–Crippen MR) is 72.3 cm³/mol. The van der Waals surface area contributed by atoms with Crippen LogP contribution in [0, 0.1) is 6.92 Å². The van der Waals surface area contributed by atoms with E-state index in [0.717, 1.165) is 12.2 Å². The minimum atomic E-state index is 0.164. The number of hydrogen-bond donors (Lipinski definition) is 1. The third-order valence-electron chi connectivity index (χ3n) is 2.62. The highest BCUT2D eigenvalue weighted by Crippen LogP contribution is 2.22. The molecular weight excluding hydrogens is 230 g/mol. The van der Waals surface area contributed by atoms with Crippen molar-refractivity contribution in [3.63, 3.8) is 0 Å². The van der Waals surface area contributed by atoms with Crippen molar-refractivity contribution in [3.05, 3.63) is 54.0 Å². The van der Waals surface area contributed by atoms with Crippen LogP contribution < -0.4 is 5.73 Å². The average Bonchev–Trinajstić information content (AvgIpc) is 2.81. The molecule has 2 aromatic rings. The van der Waals surface area contributed by atoms with Crippen LogP contribution in [0.2, 0.25) is 0 Å². The molecule has 2 rings (SSSR count). The third-order valence-corrected chi connectivity index (χ3v) is 3.99. The van der Waals surface area contributed by atoms with Crippen LogP contribution >= 0.6 is 11.8 Å². The van der Waals surface area contributed by atoms with E-state index in [2.05, 4.69) is 31.2 Å². The van der Waals surface area contributed by atoms with E-state index in [1.54, 1.807) is 12.5 Å². The van der Waals surface area contributed by atoms with Crippen molar-refractivity contribution in [2.75, 3.05) is 5.75 Å². The van der Waals surface area contributed by atoms with E-state index >= 15 is 0 Å². The summed E-state index contributed by atoms with van der Waals surface area (Å²) in [6.45, 7) is 2.13. The van der Waals surface area contributed by atoms with Crippen molar-refractivity contribution in [2.45, 2.75) is 24.3 Å². The average molecular weight is 247 g/mol. The van der Waals surface area contributed by atoms with Crippen molar-refractivity contribution in [1.29, 1.82) is 0 Å². The van der Waals surface area contributed by atoms with Gasteiger partial charge in [0.25, 0.3) is 0 Å². The zero-order chi connectivity index (χ0) is 12.1. The van der Waals surface area contributed by atoms with Crippen LogP contribution in [-0.4, -0.2) is 11.8 Å². The van der Waals surface area contributed by atoms with E-state index < -0.39 is 0 Å². The number of furan rings is 1. The van der Waals surface area contributed by atoms with Crippen LogP contribution in [-0.2, 0) is 6.42 Å². The predicted octanol–water partition coefficient (Wildman–Crippen LogP) is 3.25. The number of thioether (sulfide) groups is 1. The highest BCUT2D eigenvalue weighted by atomic mass is 32.2. The Kier molecular flexibility index (Phi) is 4.29. The van der Waals surface area contributed by atoms with Gasteiger partial charge in [0.05, 0.1) is 12.5 Å². The van der Waals surface area contributed by atoms with Crippen LogP contribution in [0.15, 0.2) is 52.2 Å². The maximum Gasteiger partial charge on any atom is 0.0935 e. The van der Waals surface area contributed by atoms with Crippen molar-refractivity contribution in [2.24, 2.45) is 5.73 Å². The Bertz CT molecular complexity index is 453. The summed E-state index contributed by atoms with van der Waals surface area (Å²) in [6, 6.07) is 10.5. The lowest BCUT2D eigenvalue weighted by Crippen LogP contribution is -2.25. The highest BCUT2D eigenvalue weighted by Gasteiger charge is 2.07. The van der Waals surface area contributed by atoms with Gasteiger partial charge in [0.2, 0.25) is 0 Å². The number of rotatable bonds is 5. The maximum absolute atomic E-state index is 6.10. The summed E-state index contributed by atoms with van der Waals surface area (Å²) in [6.07, 6.45) is 4.32. The lowest BCUT2D eigenvalue weighted by molar-refractivity contribution is 0.562. The summed E-state index contributed by atoms with van der Waals surface area (Å²) in [7, 11) is 0. The molecule has 0 fully saturated rings. The van der Waals surface area contributed by atoms with Crippen LogP contribution in [0.3, 0.4) is 0 Å². The first-order valence-electron chi connectivity index (χ1n) is 5.71. The van der Waals surface area contributed by atoms with Crippen LogP contribution in [0.1, 0.15) is 11.1 Å². The second-order valence-electron chi connectivity index (χ2n) is 4.17. The van der Waals surface area contributed by atoms with E-state index in [1.807, 2.05) is 17.8 Å². The zero-order valence-electron chi connectivity index (χ0n) is 9.93. The molecule has 0 bridgehead atoms. The van der Waals surface area contributed by atoms with Crippen molar-refractivity contribution in [1.82, 2.24) is 0 Å². The second kappa shape index (κ2) is 5.94. The lowest BCUT2D eigenvalue weighted by Gasteiger charge is -2.11. The van der Waals surface area contributed by atoms with Gasteiger partial charge in [-0.3, -0.25) is 0 Å². The zero-order valence-corrected chi connectivity index (χ0v) is 10.7. The van der Waals surface area contributed by atoms with Gasteiger partial charge in [0.15, 0.2) is 0 Å². The Morgan fingerprint density at radius 1 is 1.29 bits per heavy atom. The minimum absolute atomic E-state index is 0.164. The molecule has 0 aliphatic carbocycles. The molecule has 17 heavy (non-hydrogen) atoms. The summed E-state index contributed by atoms with van der Waals surface area (Å²) in [4.78, 5) is 1.31. The molecule has 3 heteroatoms. The first-order valence-corrected chi connectivity index (χ1v) is 6.69. The summed E-state index contributed by atoms with van der Waals surface area (Å²) in [5, 5.41) is 0. The summed E-state index contributed by atoms with van der Waals surface area (Å²) in [5.74, 6) is 0.927. The fourth-order valence-corrected chi connectivity index (χ4v) is 2.67. The van der Waals surface area contributed by atoms with Gasteiger partial charge in [-0.2, -0.15) is 0 Å². The Labute approximate surface area is 106 Å². The Morgan fingerprint density at radius 2 is 2.12 bits per heavy atom. The second-order valence-corrected chi connectivity index (χ2v) is 5.23.